The van der Waals surface area contributed by atoms with E-state index in [1.807, 2.05) is 0 Å². The molecular formula is C47H99N3O10. The van der Waals surface area contributed by atoms with Crippen molar-refractivity contribution in [2.45, 2.75) is 133 Å². The van der Waals surface area contributed by atoms with Gasteiger partial charge in [-0.25, -0.2) is 0 Å². The van der Waals surface area contributed by atoms with Crippen molar-refractivity contribution in [3.8, 4) is 0 Å². The van der Waals surface area contributed by atoms with Gasteiger partial charge in [-0.2, -0.15) is 0 Å². The Kier molecular flexibility index (Phi) is 32.7. The molecule has 0 spiro atoms. The molecule has 0 atom stereocenters. The molecule has 2 N–H and O–H groups in total. The molecular weight excluding hydrogens is 767 g/mol. The van der Waals surface area contributed by atoms with Crippen molar-refractivity contribution in [3.05, 3.63) is 0 Å². The highest BCUT2D eigenvalue weighted by atomic mass is 16.6. The first-order valence-electron chi connectivity index (χ1n) is 23.0. The van der Waals surface area contributed by atoms with E-state index in [0.29, 0.717) is 119 Å². The van der Waals surface area contributed by atoms with Gasteiger partial charge in [-0.3, -0.25) is 4.90 Å². The standard InChI is InChI=1S/C47H99N3O10/c1-42(2,3)39-58-35-32-55-28-25-51-21-18-48-46(12,13)17-16-45(10,11)41-60-37-34-56-29-26-53-23-20-50(44(7,8)9)38-47(14,15)49-19-22-52-24-27-54-30-31-57-33-36-59-40-43(4,5)6/h48-49H,16-41H2,1-15H3. The predicted molar refractivity (Wildman–Crippen MR) is 246 cm³/mol. The second kappa shape index (κ2) is 33.0. The molecule has 0 heterocycles. The fraction of sp³-hybridized carbons (Fsp3) is 1.00. The Hall–Kier alpha value is -0.520. The van der Waals surface area contributed by atoms with E-state index in [1.165, 1.54) is 0 Å². The number of hydrogen-bond donors (Lipinski definition) is 2. The Morgan fingerprint density at radius 1 is 0.333 bits per heavy atom. The van der Waals surface area contributed by atoms with Gasteiger partial charge in [0, 0.05) is 42.8 Å². The first-order chi connectivity index (χ1) is 27.9. The lowest BCUT2D eigenvalue weighted by Gasteiger charge is -2.41. The van der Waals surface area contributed by atoms with Crippen molar-refractivity contribution in [3.63, 3.8) is 0 Å². The second-order valence-electron chi connectivity index (χ2n) is 21.4. The molecule has 0 bridgehead atoms. The number of nitrogens with one attached hydrogen (secondary N) is 2. The summed E-state index contributed by atoms with van der Waals surface area (Å²) in [6.45, 7) is 48.9. The van der Waals surface area contributed by atoms with Crippen LogP contribution in [0.5, 0.6) is 0 Å². The Morgan fingerprint density at radius 3 is 1.02 bits per heavy atom. The Labute approximate surface area is 370 Å². The quantitative estimate of drug-likeness (QED) is 0.0622. The van der Waals surface area contributed by atoms with Crippen molar-refractivity contribution >= 4 is 0 Å². The maximum absolute atomic E-state index is 6.01. The van der Waals surface area contributed by atoms with Crippen LogP contribution < -0.4 is 10.6 Å². The van der Waals surface area contributed by atoms with Gasteiger partial charge in [0.05, 0.1) is 132 Å². The average molecular weight is 866 g/mol. The van der Waals surface area contributed by atoms with Gasteiger partial charge in [0.25, 0.3) is 0 Å². The van der Waals surface area contributed by atoms with E-state index in [0.717, 1.165) is 52.2 Å². The van der Waals surface area contributed by atoms with Gasteiger partial charge in [-0.1, -0.05) is 55.4 Å². The van der Waals surface area contributed by atoms with Gasteiger partial charge in [-0.05, 0) is 77.6 Å². The molecule has 0 radical (unpaired) electrons. The fourth-order valence-electron chi connectivity index (χ4n) is 5.74. The topological polar surface area (TPSA) is 120 Å². The third-order valence-electron chi connectivity index (χ3n) is 9.33. The van der Waals surface area contributed by atoms with Crippen LogP contribution in [0.2, 0.25) is 0 Å². The molecule has 0 aromatic heterocycles. The third kappa shape index (κ3) is 41.5. The summed E-state index contributed by atoms with van der Waals surface area (Å²) in [6.07, 6.45) is 2.11. The van der Waals surface area contributed by atoms with E-state index in [9.17, 15) is 0 Å². The highest BCUT2D eigenvalue weighted by molar-refractivity contribution is 4.87. The molecule has 0 unspecified atom stereocenters. The summed E-state index contributed by atoms with van der Waals surface area (Å²) >= 11 is 0. The summed E-state index contributed by atoms with van der Waals surface area (Å²) in [7, 11) is 0. The van der Waals surface area contributed by atoms with Gasteiger partial charge in [0.1, 0.15) is 0 Å². The zero-order chi connectivity index (χ0) is 45.4. The zero-order valence-electron chi connectivity index (χ0n) is 41.9. The summed E-state index contributed by atoms with van der Waals surface area (Å²) in [5.74, 6) is 0. The summed E-state index contributed by atoms with van der Waals surface area (Å²) in [5.41, 5.74) is 0.398. The minimum Gasteiger partial charge on any atom is -0.379 e. The van der Waals surface area contributed by atoms with E-state index in [1.54, 1.807) is 0 Å². The van der Waals surface area contributed by atoms with Crippen molar-refractivity contribution in [1.29, 1.82) is 0 Å². The molecule has 0 aromatic carbocycles. The van der Waals surface area contributed by atoms with Crippen molar-refractivity contribution in [2.75, 3.05) is 158 Å². The van der Waals surface area contributed by atoms with E-state index in [2.05, 4.69) is 119 Å². The maximum atomic E-state index is 6.01. The molecule has 0 aliphatic carbocycles. The summed E-state index contributed by atoms with van der Waals surface area (Å²) in [5, 5.41) is 7.30. The van der Waals surface area contributed by atoms with Crippen molar-refractivity contribution in [1.82, 2.24) is 15.5 Å². The SMILES string of the molecule is CC(C)(C)COCCOCCOCCNC(C)(C)CCC(C)(C)COCCOCCOCCN(CC(C)(C)NCCOCCOCCOCCOCC(C)(C)C)C(C)(C)C. The Morgan fingerprint density at radius 2 is 0.650 bits per heavy atom. The molecule has 0 saturated heterocycles. The number of nitrogens with zero attached hydrogens (tertiary/aromatic N) is 1. The fourth-order valence-corrected chi connectivity index (χ4v) is 5.74. The van der Waals surface area contributed by atoms with Crippen LogP contribution in [0.3, 0.4) is 0 Å². The van der Waals surface area contributed by atoms with E-state index < -0.39 is 0 Å². The van der Waals surface area contributed by atoms with Crippen molar-refractivity contribution in [2.24, 2.45) is 16.2 Å². The first kappa shape index (κ1) is 59.5. The molecule has 60 heavy (non-hydrogen) atoms. The molecule has 362 valence electrons. The summed E-state index contributed by atoms with van der Waals surface area (Å²) in [6, 6.07) is 0. The summed E-state index contributed by atoms with van der Waals surface area (Å²) in [4.78, 5) is 2.47. The van der Waals surface area contributed by atoms with Gasteiger partial charge in [-0.15, -0.1) is 0 Å². The van der Waals surface area contributed by atoms with E-state index in [4.69, 9.17) is 47.4 Å². The molecule has 0 aliphatic heterocycles. The molecule has 0 aromatic rings. The maximum Gasteiger partial charge on any atom is 0.0701 e. The first-order valence-corrected chi connectivity index (χ1v) is 23.0. The normalized spacial score (nSPS) is 13.6. The van der Waals surface area contributed by atoms with Crippen LogP contribution in [0, 0.1) is 16.2 Å². The molecule has 13 heteroatoms. The lowest BCUT2D eigenvalue weighted by Crippen LogP contribution is -2.55. The Balaban J connectivity index is 3.94. The molecule has 0 aliphatic rings. The predicted octanol–water partition coefficient (Wildman–Crippen LogP) is 6.89. The largest absolute Gasteiger partial charge is 0.379 e. The molecule has 13 nitrogen and oxygen atoms in total. The number of ether oxygens (including phenoxy) is 10. The highest BCUT2D eigenvalue weighted by Crippen LogP contribution is 2.27. The van der Waals surface area contributed by atoms with Gasteiger partial charge in [0.15, 0.2) is 0 Å². The smallest absolute Gasteiger partial charge is 0.0701 e. The average Bonchev–Trinajstić information content (AvgIpc) is 3.12. The van der Waals surface area contributed by atoms with Crippen LogP contribution in [0.1, 0.15) is 117 Å². The van der Waals surface area contributed by atoms with Crippen LogP contribution in [-0.2, 0) is 47.4 Å². The minimum atomic E-state index is -0.0835. The minimum absolute atomic E-state index is 0.0142. The van der Waals surface area contributed by atoms with E-state index in [-0.39, 0.29) is 32.9 Å². The molecule has 0 saturated carbocycles. The lowest BCUT2D eigenvalue weighted by atomic mass is 9.83. The summed E-state index contributed by atoms with van der Waals surface area (Å²) < 4.78 is 57.3. The lowest BCUT2D eigenvalue weighted by molar-refractivity contribution is -0.0132. The number of hydrogen-bond acceptors (Lipinski definition) is 13. The van der Waals surface area contributed by atoms with Gasteiger partial charge < -0.3 is 58.0 Å². The zero-order valence-corrected chi connectivity index (χ0v) is 41.9. The molecule has 0 rings (SSSR count). The van der Waals surface area contributed by atoms with Crippen LogP contribution >= 0.6 is 0 Å². The van der Waals surface area contributed by atoms with Crippen molar-refractivity contribution < 1.29 is 47.4 Å². The highest BCUT2D eigenvalue weighted by Gasteiger charge is 2.28. The van der Waals surface area contributed by atoms with Crippen LogP contribution in [0.15, 0.2) is 0 Å². The second-order valence-corrected chi connectivity index (χ2v) is 21.4. The molecule has 0 fully saturated rings. The van der Waals surface area contributed by atoms with Gasteiger partial charge >= 0.3 is 0 Å². The van der Waals surface area contributed by atoms with Gasteiger partial charge in [0.2, 0.25) is 0 Å². The molecule has 0 amide bonds. The van der Waals surface area contributed by atoms with E-state index >= 15 is 0 Å². The monoisotopic (exact) mass is 866 g/mol. The Bertz CT molecular complexity index is 980. The van der Waals surface area contributed by atoms with Crippen LogP contribution in [0.4, 0.5) is 0 Å². The van der Waals surface area contributed by atoms with Crippen LogP contribution in [0.25, 0.3) is 0 Å². The number of rotatable bonds is 41. The van der Waals surface area contributed by atoms with Crippen LogP contribution in [-0.4, -0.2) is 180 Å². The third-order valence-corrected chi connectivity index (χ3v) is 9.33.